The highest BCUT2D eigenvalue weighted by Crippen LogP contribution is 2.44. The molecule has 5 nitrogen and oxygen atoms in total. The molecule has 3 aromatic rings. The fourth-order valence-corrected chi connectivity index (χ4v) is 6.40. The molecular weight excluding hydrogens is 508 g/mol. The lowest BCUT2D eigenvalue weighted by Gasteiger charge is -2.33. The van der Waals surface area contributed by atoms with Crippen molar-refractivity contribution in [1.29, 1.82) is 0 Å². The predicted octanol–water partition coefficient (Wildman–Crippen LogP) is 5.50. The van der Waals surface area contributed by atoms with Crippen molar-refractivity contribution in [2.75, 3.05) is 11.9 Å². The summed E-state index contributed by atoms with van der Waals surface area (Å²) in [7, 11) is 0. The van der Waals surface area contributed by atoms with E-state index >= 15 is 0 Å². The number of fused-ring (bicyclic) bond motifs is 4. The Hall–Kier alpha value is -4.12. The van der Waals surface area contributed by atoms with Gasteiger partial charge in [0.25, 0.3) is 0 Å². The van der Waals surface area contributed by atoms with E-state index in [4.69, 9.17) is 9.47 Å². The third kappa shape index (κ3) is 4.88. The summed E-state index contributed by atoms with van der Waals surface area (Å²) in [5, 5.41) is 5.66. The molecule has 0 saturated carbocycles. The Bertz CT molecular complexity index is 1790. The van der Waals surface area contributed by atoms with Crippen molar-refractivity contribution in [1.82, 2.24) is 0 Å². The summed E-state index contributed by atoms with van der Waals surface area (Å²) >= 11 is 0. The maximum atomic E-state index is 13.4. The molecule has 0 fully saturated rings. The summed E-state index contributed by atoms with van der Waals surface area (Å²) in [5.74, 6) is 1.23. The maximum absolute atomic E-state index is 13.4. The number of anilines is 1. The minimum atomic E-state index is -0.300. The summed E-state index contributed by atoms with van der Waals surface area (Å²) < 4.78 is 12.4. The van der Waals surface area contributed by atoms with Gasteiger partial charge in [-0.15, -0.1) is 0 Å². The number of carbonyl (C=O) groups excluding carboxylic acids is 1. The molecule has 3 aliphatic heterocycles. The number of hydrogen-bond donors (Lipinski definition) is 2. The Balaban J connectivity index is 1.66. The van der Waals surface area contributed by atoms with Crippen LogP contribution in [0.25, 0.3) is 16.7 Å². The van der Waals surface area contributed by atoms with Crippen LogP contribution in [0.5, 0.6) is 11.5 Å². The highest BCUT2D eigenvalue weighted by Gasteiger charge is 2.31. The van der Waals surface area contributed by atoms with E-state index in [9.17, 15) is 4.79 Å². The van der Waals surface area contributed by atoms with Crippen molar-refractivity contribution in [3.05, 3.63) is 99.1 Å². The van der Waals surface area contributed by atoms with Crippen molar-refractivity contribution in [3.8, 4) is 11.5 Å². The Morgan fingerprint density at radius 2 is 1.66 bits per heavy atom. The molecule has 3 aromatic carbocycles. The quantitative estimate of drug-likeness (QED) is 0.256. The smallest absolute Gasteiger partial charge is 0.338 e. The number of nitrogens with one attached hydrogen (secondary N) is 2. The second kappa shape index (κ2) is 9.76. The number of ether oxygens (including phenoxy) is 2. The number of carbonyl (C=O) groups is 1. The first kappa shape index (κ1) is 27.1. The molecule has 0 aromatic heterocycles. The number of unbranched alkanes of at least 4 members (excludes halogenated alkanes) is 1. The van der Waals surface area contributed by atoms with Gasteiger partial charge in [-0.1, -0.05) is 37.6 Å². The van der Waals surface area contributed by atoms with Gasteiger partial charge >= 0.3 is 5.97 Å². The van der Waals surface area contributed by atoms with Crippen molar-refractivity contribution >= 4 is 28.4 Å². The molecule has 0 bridgehead atoms. The van der Waals surface area contributed by atoms with Gasteiger partial charge in [-0.2, -0.15) is 0 Å². The number of allylic oxidation sites excluding steroid dienone is 2. The van der Waals surface area contributed by atoms with E-state index in [0.717, 1.165) is 68.4 Å². The van der Waals surface area contributed by atoms with Crippen LogP contribution in [0, 0.1) is 0 Å². The lowest BCUT2D eigenvalue weighted by Crippen LogP contribution is -2.89. The Morgan fingerprint density at radius 1 is 0.902 bits per heavy atom. The molecule has 5 heteroatoms. The van der Waals surface area contributed by atoms with Crippen LogP contribution < -0.4 is 25.6 Å². The van der Waals surface area contributed by atoms with E-state index in [0.29, 0.717) is 12.2 Å². The fourth-order valence-electron chi connectivity index (χ4n) is 6.40. The molecule has 41 heavy (non-hydrogen) atoms. The van der Waals surface area contributed by atoms with Crippen LogP contribution >= 0.6 is 0 Å². The summed E-state index contributed by atoms with van der Waals surface area (Å²) in [5.41, 5.74) is 8.73. The van der Waals surface area contributed by atoms with Crippen LogP contribution in [0.1, 0.15) is 93.9 Å². The van der Waals surface area contributed by atoms with Crippen molar-refractivity contribution in [2.24, 2.45) is 0 Å². The summed E-state index contributed by atoms with van der Waals surface area (Å²) in [4.78, 5) is 17.1. The molecule has 0 amide bonds. The second-order valence-corrected chi connectivity index (χ2v) is 12.6. The largest absolute Gasteiger partial charge is 0.462 e. The molecule has 0 atom stereocenters. The maximum Gasteiger partial charge on any atom is 0.338 e. The molecule has 210 valence electrons. The van der Waals surface area contributed by atoms with Crippen LogP contribution in [-0.2, 0) is 4.74 Å². The number of rotatable bonds is 5. The van der Waals surface area contributed by atoms with Gasteiger partial charge in [0.05, 0.1) is 23.8 Å². The highest BCUT2D eigenvalue weighted by atomic mass is 16.5. The summed E-state index contributed by atoms with van der Waals surface area (Å²) in [6.45, 7) is 15.5. The third-order valence-corrected chi connectivity index (χ3v) is 8.06. The van der Waals surface area contributed by atoms with Gasteiger partial charge in [0, 0.05) is 53.1 Å². The lowest BCUT2D eigenvalue weighted by molar-refractivity contribution is -0.568. The monoisotopic (exact) mass is 547 g/mol. The first-order chi connectivity index (χ1) is 19.5. The van der Waals surface area contributed by atoms with E-state index in [1.165, 1.54) is 11.1 Å². The average Bonchev–Trinajstić information content (AvgIpc) is 2.89. The first-order valence-corrected chi connectivity index (χ1v) is 14.6. The van der Waals surface area contributed by atoms with E-state index in [-0.39, 0.29) is 17.0 Å². The van der Waals surface area contributed by atoms with Gasteiger partial charge < -0.3 is 14.8 Å². The Labute approximate surface area is 242 Å². The number of benzene rings is 3. The van der Waals surface area contributed by atoms with Crippen LogP contribution in [0.2, 0.25) is 0 Å². The van der Waals surface area contributed by atoms with Crippen LogP contribution in [-0.4, -0.2) is 23.7 Å². The molecule has 3 heterocycles. The molecule has 0 spiro atoms. The van der Waals surface area contributed by atoms with Gasteiger partial charge in [-0.05, 0) is 75.1 Å². The Morgan fingerprint density at radius 3 is 2.44 bits per heavy atom. The standard InChI is InChI=1S/C36H38N2O3/c1-8-9-14-40-34(39)24-13-11-10-12-23(24)33-27-15-25-21(2)19-35(4,5)37-29(25)17-31(27)41-32-18-30-26(16-28(32)33)22(3)20-36(6,7)38-30/h10-13,15-20,37H,8-9,14H2,1-7H3/p+1. The molecule has 6 rings (SSSR count). The molecular formula is C36H39N2O3+. The summed E-state index contributed by atoms with van der Waals surface area (Å²) in [6.07, 6.45) is 6.33. The average molecular weight is 548 g/mol. The molecule has 0 unspecified atom stereocenters. The topological polar surface area (TPSA) is 61.5 Å². The number of esters is 1. The highest BCUT2D eigenvalue weighted by molar-refractivity contribution is 6.00. The van der Waals surface area contributed by atoms with E-state index in [1.54, 1.807) is 0 Å². The molecule has 0 radical (unpaired) electrons. The second-order valence-electron chi connectivity index (χ2n) is 12.6. The molecule has 3 aliphatic rings. The van der Waals surface area contributed by atoms with E-state index < -0.39 is 0 Å². The minimum absolute atomic E-state index is 0.169. The fraction of sp³-hybridized carbons (Fsp3) is 0.333. The lowest BCUT2D eigenvalue weighted by atomic mass is 9.84. The zero-order chi connectivity index (χ0) is 29.1. The van der Waals surface area contributed by atoms with Crippen LogP contribution in [0.4, 0.5) is 5.69 Å². The molecule has 0 aliphatic carbocycles. The van der Waals surface area contributed by atoms with Crippen molar-refractivity contribution in [2.45, 2.75) is 72.4 Å². The zero-order valence-electron chi connectivity index (χ0n) is 25.1. The minimum Gasteiger partial charge on any atom is -0.462 e. The van der Waals surface area contributed by atoms with Crippen molar-refractivity contribution < 1.29 is 19.3 Å². The van der Waals surface area contributed by atoms with Gasteiger partial charge in [0.1, 0.15) is 11.5 Å². The van der Waals surface area contributed by atoms with Crippen LogP contribution in [0.3, 0.4) is 0 Å². The van der Waals surface area contributed by atoms with Gasteiger partial charge in [-0.25, -0.2) is 9.79 Å². The number of hydrogen-bond acceptors (Lipinski definition) is 4. The first-order valence-electron chi connectivity index (χ1n) is 14.6. The van der Waals surface area contributed by atoms with Crippen LogP contribution in [0.15, 0.2) is 60.7 Å². The van der Waals surface area contributed by atoms with E-state index in [1.807, 2.05) is 24.3 Å². The zero-order valence-corrected chi connectivity index (χ0v) is 25.1. The van der Waals surface area contributed by atoms with Gasteiger partial charge in [-0.3, -0.25) is 0 Å². The van der Waals surface area contributed by atoms with Gasteiger partial charge in [0.15, 0.2) is 5.54 Å². The third-order valence-electron chi connectivity index (χ3n) is 8.06. The normalized spacial score (nSPS) is 17.3. The van der Waals surface area contributed by atoms with Crippen molar-refractivity contribution in [3.63, 3.8) is 0 Å². The SMILES string of the molecule is CCCCOC(=O)c1ccccc1C1=c2cc3c(cc2Oc2cc4c(cc21)C(C)=CC(C)(C)N4)=[NH+]C(C)(C)C=C3C. The van der Waals surface area contributed by atoms with E-state index in [2.05, 4.69) is 95.2 Å². The molecule has 0 saturated heterocycles. The molecule has 2 N–H and O–H groups in total. The Kier molecular flexibility index (Phi) is 6.44. The predicted molar refractivity (Wildman–Crippen MR) is 165 cm³/mol. The summed E-state index contributed by atoms with van der Waals surface area (Å²) in [6, 6.07) is 16.4. The van der Waals surface area contributed by atoms with Gasteiger partial charge in [0.2, 0.25) is 5.36 Å².